The Morgan fingerprint density at radius 3 is 2.00 bits per heavy atom. The van der Waals surface area contributed by atoms with Crippen molar-refractivity contribution < 1.29 is 34.7 Å². The van der Waals surface area contributed by atoms with Crippen LogP contribution < -0.4 is 35.3 Å². The van der Waals surface area contributed by atoms with Gasteiger partial charge < -0.3 is 17.8 Å². The van der Waals surface area contributed by atoms with Gasteiger partial charge in [-0.2, -0.15) is 0 Å². The predicted octanol–water partition coefficient (Wildman–Crippen LogP) is -3.51. The third-order valence-corrected chi connectivity index (χ3v) is 0.296. The molecule has 0 amide bonds. The van der Waals surface area contributed by atoms with E-state index in [1.165, 1.54) is 0 Å². The zero-order chi connectivity index (χ0) is 4.28. The van der Waals surface area contributed by atoms with Gasteiger partial charge in [-0.25, -0.2) is 0 Å². The Morgan fingerprint density at radius 2 is 2.00 bits per heavy atom. The number of nitrogens with two attached hydrogens (primary N) is 1. The second-order valence-electron chi connectivity index (χ2n) is 0.856. The van der Waals surface area contributed by atoms with Crippen LogP contribution in [0.3, 0.4) is 0 Å². The van der Waals surface area contributed by atoms with Crippen LogP contribution in [-0.2, 0) is 0 Å². The van der Waals surface area contributed by atoms with Crippen LogP contribution in [0.1, 0.15) is 6.42 Å². The van der Waals surface area contributed by atoms with Crippen molar-refractivity contribution in [3.8, 4) is 0 Å². The van der Waals surface area contributed by atoms with E-state index in [2.05, 4.69) is 6.92 Å². The molecule has 0 radical (unpaired) electrons. The van der Waals surface area contributed by atoms with Crippen LogP contribution in [0.25, 0.3) is 0 Å². The molecule has 1 unspecified atom stereocenters. The molecule has 0 aromatic carbocycles. The molecule has 2 nitrogen and oxygen atoms in total. The zero-order valence-corrected chi connectivity index (χ0v) is 6.02. The summed E-state index contributed by atoms with van der Waals surface area (Å²) in [7, 11) is 0. The van der Waals surface area contributed by atoms with Crippen molar-refractivity contribution in [2.75, 3.05) is 0 Å². The molecule has 0 aliphatic rings. The Labute approximate surface area is 60.0 Å². The molecule has 0 aliphatic carbocycles. The summed E-state index contributed by atoms with van der Waals surface area (Å²) in [5.74, 6) is 0. The fraction of sp³-hybridized carbons (Fsp3) is 0.667. The van der Waals surface area contributed by atoms with E-state index >= 15 is 0 Å². The van der Waals surface area contributed by atoms with Gasteiger partial charge in [-0.1, -0.05) is 0 Å². The van der Waals surface area contributed by atoms with Crippen molar-refractivity contribution in [2.24, 2.45) is 5.73 Å². The summed E-state index contributed by atoms with van der Waals surface area (Å²) in [5, 5.41) is 8.08. The standard InChI is InChI=1S/C3H8NO.Na/c1-2-3(4)5;/h3,5H,1-2,4H2;/q-1;+1. The molecular weight excluding hydrogens is 89.0 g/mol. The summed E-state index contributed by atoms with van der Waals surface area (Å²) in [4.78, 5) is 0. The number of hydrogen-bond donors (Lipinski definition) is 2. The topological polar surface area (TPSA) is 46.2 Å². The van der Waals surface area contributed by atoms with Gasteiger partial charge in [0.1, 0.15) is 0 Å². The average molecular weight is 97.1 g/mol. The van der Waals surface area contributed by atoms with Crippen molar-refractivity contribution >= 4 is 0 Å². The van der Waals surface area contributed by atoms with E-state index in [0.717, 1.165) is 0 Å². The van der Waals surface area contributed by atoms with Gasteiger partial charge in [-0.3, -0.25) is 0 Å². The van der Waals surface area contributed by atoms with Gasteiger partial charge in [0.25, 0.3) is 0 Å². The van der Waals surface area contributed by atoms with Gasteiger partial charge in [0.05, 0.1) is 6.23 Å². The van der Waals surface area contributed by atoms with E-state index in [1.54, 1.807) is 0 Å². The number of hydrogen-bond acceptors (Lipinski definition) is 2. The molecule has 3 N–H and O–H groups in total. The summed E-state index contributed by atoms with van der Waals surface area (Å²) in [6, 6.07) is 0. The fourth-order valence-electron chi connectivity index (χ4n) is 0. The normalized spacial score (nSPS) is 12.5. The van der Waals surface area contributed by atoms with Crippen LogP contribution in [0.5, 0.6) is 0 Å². The minimum Gasteiger partial charge on any atom is -0.382 e. The molecule has 6 heavy (non-hydrogen) atoms. The summed E-state index contributed by atoms with van der Waals surface area (Å²) in [6.07, 6.45) is -0.338. The zero-order valence-electron chi connectivity index (χ0n) is 4.02. The molecule has 0 saturated heterocycles. The first-order chi connectivity index (χ1) is 2.27. The van der Waals surface area contributed by atoms with Crippen molar-refractivity contribution in [1.82, 2.24) is 0 Å². The van der Waals surface area contributed by atoms with E-state index in [4.69, 9.17) is 10.8 Å². The number of aliphatic hydroxyl groups excluding tert-OH is 1. The SMILES string of the molecule is [CH2-]CC(N)O.[Na+]. The first-order valence-electron chi connectivity index (χ1n) is 1.50. The van der Waals surface area contributed by atoms with Crippen LogP contribution >= 0.6 is 0 Å². The Morgan fingerprint density at radius 1 is 1.83 bits per heavy atom. The Kier molecular flexibility index (Phi) is 9.89. The van der Waals surface area contributed by atoms with E-state index in [-0.39, 0.29) is 29.6 Å². The van der Waals surface area contributed by atoms with Gasteiger partial charge in [0.2, 0.25) is 0 Å². The average Bonchev–Trinajstić information content (AvgIpc) is 1.38. The third-order valence-electron chi connectivity index (χ3n) is 0.296. The maximum absolute atomic E-state index is 8.08. The largest absolute Gasteiger partial charge is 1.00 e. The minimum absolute atomic E-state index is 0. The Balaban J connectivity index is 0. The van der Waals surface area contributed by atoms with Gasteiger partial charge in [-0.05, 0) is 0 Å². The van der Waals surface area contributed by atoms with Gasteiger partial charge in [-0.15, -0.1) is 6.42 Å². The van der Waals surface area contributed by atoms with Crippen LogP contribution in [0.2, 0.25) is 0 Å². The summed E-state index contributed by atoms with van der Waals surface area (Å²) in [5.41, 5.74) is 4.78. The van der Waals surface area contributed by atoms with Crippen molar-refractivity contribution in [1.29, 1.82) is 0 Å². The fourth-order valence-corrected chi connectivity index (χ4v) is 0. The van der Waals surface area contributed by atoms with Gasteiger partial charge in [0, 0.05) is 0 Å². The van der Waals surface area contributed by atoms with E-state index < -0.39 is 6.23 Å². The molecular formula is C3H8NNaO. The molecule has 0 spiro atoms. The Hall–Kier alpha value is 0.920. The molecule has 0 bridgehead atoms. The van der Waals surface area contributed by atoms with Crippen molar-refractivity contribution in [3.05, 3.63) is 6.92 Å². The Bertz CT molecular complexity index is 24.8. The summed E-state index contributed by atoms with van der Waals surface area (Å²) in [6.45, 7) is 3.31. The monoisotopic (exact) mass is 97.1 g/mol. The quantitative estimate of drug-likeness (QED) is 0.202. The molecule has 0 aromatic heterocycles. The number of aliphatic hydroxyl groups is 1. The van der Waals surface area contributed by atoms with E-state index in [0.29, 0.717) is 6.42 Å². The van der Waals surface area contributed by atoms with Crippen LogP contribution in [0.4, 0.5) is 0 Å². The summed E-state index contributed by atoms with van der Waals surface area (Å²) < 4.78 is 0. The smallest absolute Gasteiger partial charge is 0.382 e. The molecule has 0 fully saturated rings. The molecule has 0 saturated carbocycles. The molecule has 1 atom stereocenters. The van der Waals surface area contributed by atoms with Crippen LogP contribution in [0, 0.1) is 6.92 Å². The predicted molar refractivity (Wildman–Crippen MR) is 20.2 cm³/mol. The maximum atomic E-state index is 8.08. The first-order valence-corrected chi connectivity index (χ1v) is 1.50. The number of rotatable bonds is 1. The van der Waals surface area contributed by atoms with Gasteiger partial charge >= 0.3 is 29.6 Å². The second-order valence-corrected chi connectivity index (χ2v) is 0.856. The van der Waals surface area contributed by atoms with Gasteiger partial charge in [0.15, 0.2) is 0 Å². The van der Waals surface area contributed by atoms with E-state index in [1.807, 2.05) is 0 Å². The minimum atomic E-state index is -0.727. The maximum Gasteiger partial charge on any atom is 1.00 e. The van der Waals surface area contributed by atoms with Crippen molar-refractivity contribution in [2.45, 2.75) is 12.6 Å². The second kappa shape index (κ2) is 5.92. The molecule has 0 aromatic rings. The van der Waals surface area contributed by atoms with Crippen LogP contribution in [0.15, 0.2) is 0 Å². The molecule has 32 valence electrons. The third kappa shape index (κ3) is 8.87. The first kappa shape index (κ1) is 10.0. The summed E-state index contributed by atoms with van der Waals surface area (Å²) >= 11 is 0. The molecule has 0 aliphatic heterocycles. The molecule has 0 heterocycles. The van der Waals surface area contributed by atoms with Crippen molar-refractivity contribution in [3.63, 3.8) is 0 Å². The van der Waals surface area contributed by atoms with Crippen LogP contribution in [-0.4, -0.2) is 11.3 Å². The molecule has 0 rings (SSSR count). The molecule has 3 heteroatoms. The van der Waals surface area contributed by atoms with E-state index in [9.17, 15) is 0 Å².